The van der Waals surface area contributed by atoms with Gasteiger partial charge >= 0.3 is 0 Å². The number of benzene rings is 2. The molecule has 0 unspecified atom stereocenters. The number of fused-ring (bicyclic) bond motifs is 1. The number of hydrogen-bond donors (Lipinski definition) is 3. The molecule has 0 radical (unpaired) electrons. The number of nitrogens with two attached hydrogens (primary N) is 1. The molecule has 0 saturated heterocycles. The van der Waals surface area contributed by atoms with E-state index in [0.717, 1.165) is 18.5 Å². The molecule has 26 heavy (non-hydrogen) atoms. The van der Waals surface area contributed by atoms with E-state index in [2.05, 4.69) is 11.4 Å². The molecule has 1 atom stereocenters. The van der Waals surface area contributed by atoms with Gasteiger partial charge < -0.3 is 15.5 Å². The van der Waals surface area contributed by atoms with E-state index in [4.69, 9.17) is 20.8 Å². The summed E-state index contributed by atoms with van der Waals surface area (Å²) in [4.78, 5) is 0. The first-order valence-electron chi connectivity index (χ1n) is 8.46. The molecular weight excluding hydrogens is 324 g/mol. The number of furan rings is 1. The molecule has 4 rings (SSSR count). The van der Waals surface area contributed by atoms with E-state index < -0.39 is 0 Å². The monoisotopic (exact) mass is 342 g/mol. The largest absolute Gasteiger partial charge is 0.472 e. The Morgan fingerprint density at radius 1 is 1.23 bits per heavy atom. The minimum Gasteiger partial charge on any atom is -0.472 e. The van der Waals surface area contributed by atoms with Gasteiger partial charge in [0.05, 0.1) is 35.9 Å². The third kappa shape index (κ3) is 2.82. The molecular formula is C21H18N4O. The van der Waals surface area contributed by atoms with Gasteiger partial charge in [-0.2, -0.15) is 5.26 Å². The lowest BCUT2D eigenvalue weighted by Gasteiger charge is -2.17. The second-order valence-corrected chi connectivity index (χ2v) is 6.45. The van der Waals surface area contributed by atoms with Crippen molar-refractivity contribution >= 4 is 17.1 Å². The zero-order valence-electron chi connectivity index (χ0n) is 14.1. The smallest absolute Gasteiger partial charge is 0.0996 e. The zero-order chi connectivity index (χ0) is 18.1. The van der Waals surface area contributed by atoms with Crippen LogP contribution in [0.15, 0.2) is 59.4 Å². The third-order valence-corrected chi connectivity index (χ3v) is 4.82. The number of nitrogens with one attached hydrogen (secondary N) is 2. The van der Waals surface area contributed by atoms with Crippen molar-refractivity contribution in [3.63, 3.8) is 0 Å². The van der Waals surface area contributed by atoms with Gasteiger partial charge in [0.15, 0.2) is 0 Å². The summed E-state index contributed by atoms with van der Waals surface area (Å²) in [7, 11) is 0. The SMILES string of the molecule is N#Cc1ccc2c(c1)CC[C@H]2Nc1ccc(N)c(C(=N)c2ccoc2)c1. The molecule has 0 fully saturated rings. The summed E-state index contributed by atoms with van der Waals surface area (Å²) in [6, 6.07) is 15.7. The first-order chi connectivity index (χ1) is 12.7. The van der Waals surface area contributed by atoms with Gasteiger partial charge in [0.2, 0.25) is 0 Å². The zero-order valence-corrected chi connectivity index (χ0v) is 14.1. The van der Waals surface area contributed by atoms with Crippen LogP contribution in [0.4, 0.5) is 11.4 Å². The Morgan fingerprint density at radius 2 is 2.12 bits per heavy atom. The Hall–Kier alpha value is -3.52. The highest BCUT2D eigenvalue weighted by atomic mass is 16.3. The summed E-state index contributed by atoms with van der Waals surface area (Å²) in [5, 5.41) is 21.0. The summed E-state index contributed by atoms with van der Waals surface area (Å²) in [6.07, 6.45) is 5.02. The average Bonchev–Trinajstić information content (AvgIpc) is 3.32. The summed E-state index contributed by atoms with van der Waals surface area (Å²) in [5.41, 5.74) is 12.4. The molecule has 0 bridgehead atoms. The topological polar surface area (TPSA) is 98.8 Å². The lowest BCUT2D eigenvalue weighted by Crippen LogP contribution is -2.10. The molecule has 128 valence electrons. The van der Waals surface area contributed by atoms with E-state index in [1.807, 2.05) is 36.4 Å². The Kier molecular flexibility index (Phi) is 3.94. The van der Waals surface area contributed by atoms with Crippen LogP contribution in [0.5, 0.6) is 0 Å². The van der Waals surface area contributed by atoms with Crippen LogP contribution in [0.1, 0.15) is 40.3 Å². The molecule has 1 aliphatic carbocycles. The highest BCUT2D eigenvalue weighted by molar-refractivity contribution is 6.14. The molecule has 0 amide bonds. The second kappa shape index (κ2) is 6.41. The van der Waals surface area contributed by atoms with Crippen molar-refractivity contribution in [2.75, 3.05) is 11.1 Å². The van der Waals surface area contributed by atoms with Gasteiger partial charge in [-0.1, -0.05) is 6.07 Å². The predicted octanol–water partition coefficient (Wildman–Crippen LogP) is 4.25. The van der Waals surface area contributed by atoms with E-state index in [9.17, 15) is 0 Å². The number of rotatable bonds is 4. The lowest BCUT2D eigenvalue weighted by atomic mass is 10.0. The van der Waals surface area contributed by atoms with E-state index in [1.54, 1.807) is 18.6 Å². The van der Waals surface area contributed by atoms with Crippen molar-refractivity contribution in [1.82, 2.24) is 0 Å². The van der Waals surface area contributed by atoms with Gasteiger partial charge in [-0.05, 0) is 60.4 Å². The van der Waals surface area contributed by atoms with Crippen LogP contribution in [0.25, 0.3) is 0 Å². The lowest BCUT2D eigenvalue weighted by molar-refractivity contribution is 0.567. The van der Waals surface area contributed by atoms with Crippen molar-refractivity contribution in [2.45, 2.75) is 18.9 Å². The maximum absolute atomic E-state index is 9.05. The average molecular weight is 342 g/mol. The molecule has 1 aromatic heterocycles. The number of nitriles is 1. The molecule has 5 nitrogen and oxygen atoms in total. The molecule has 0 saturated carbocycles. The highest BCUT2D eigenvalue weighted by Gasteiger charge is 2.23. The van der Waals surface area contributed by atoms with Crippen LogP contribution >= 0.6 is 0 Å². The maximum Gasteiger partial charge on any atom is 0.0996 e. The first-order valence-corrected chi connectivity index (χ1v) is 8.46. The van der Waals surface area contributed by atoms with Crippen molar-refractivity contribution in [1.29, 1.82) is 10.7 Å². The normalized spacial score (nSPS) is 15.3. The van der Waals surface area contributed by atoms with Crippen molar-refractivity contribution < 1.29 is 4.42 Å². The Morgan fingerprint density at radius 3 is 2.88 bits per heavy atom. The van der Waals surface area contributed by atoms with E-state index in [1.165, 1.54) is 11.1 Å². The quantitative estimate of drug-likeness (QED) is 0.487. The van der Waals surface area contributed by atoms with Gasteiger partial charge in [-0.15, -0.1) is 0 Å². The highest BCUT2D eigenvalue weighted by Crippen LogP contribution is 2.35. The molecule has 4 N–H and O–H groups in total. The molecule has 2 aromatic carbocycles. The number of hydrogen-bond acceptors (Lipinski definition) is 5. The Bertz CT molecular complexity index is 1010. The Balaban J connectivity index is 1.60. The van der Waals surface area contributed by atoms with E-state index in [-0.39, 0.29) is 6.04 Å². The van der Waals surface area contributed by atoms with Crippen LogP contribution in [-0.4, -0.2) is 5.71 Å². The molecule has 3 aromatic rings. The fraction of sp³-hybridized carbons (Fsp3) is 0.143. The van der Waals surface area contributed by atoms with Gasteiger partial charge in [0.1, 0.15) is 0 Å². The van der Waals surface area contributed by atoms with Crippen LogP contribution in [0.3, 0.4) is 0 Å². The van der Waals surface area contributed by atoms with Gasteiger partial charge in [0.25, 0.3) is 0 Å². The molecule has 1 heterocycles. The number of nitrogens with zero attached hydrogens (tertiary/aromatic N) is 1. The fourth-order valence-corrected chi connectivity index (χ4v) is 3.46. The summed E-state index contributed by atoms with van der Waals surface area (Å²) >= 11 is 0. The number of nitrogen functional groups attached to an aromatic ring is 1. The van der Waals surface area contributed by atoms with Crippen molar-refractivity contribution in [3.8, 4) is 6.07 Å². The van der Waals surface area contributed by atoms with Gasteiger partial charge in [0, 0.05) is 22.5 Å². The van der Waals surface area contributed by atoms with Crippen LogP contribution < -0.4 is 11.1 Å². The molecule has 5 heteroatoms. The van der Waals surface area contributed by atoms with E-state index >= 15 is 0 Å². The van der Waals surface area contributed by atoms with E-state index in [0.29, 0.717) is 28.1 Å². The molecule has 0 spiro atoms. The van der Waals surface area contributed by atoms with Crippen molar-refractivity contribution in [2.24, 2.45) is 0 Å². The predicted molar refractivity (Wildman–Crippen MR) is 101 cm³/mol. The Labute approximate surface area is 151 Å². The summed E-state index contributed by atoms with van der Waals surface area (Å²) in [5.74, 6) is 0. The molecule has 1 aliphatic rings. The number of anilines is 2. The van der Waals surface area contributed by atoms with Gasteiger partial charge in [-0.3, -0.25) is 5.41 Å². The maximum atomic E-state index is 9.05. The van der Waals surface area contributed by atoms with Crippen molar-refractivity contribution in [3.05, 3.63) is 82.8 Å². The third-order valence-electron chi connectivity index (χ3n) is 4.82. The minimum absolute atomic E-state index is 0.192. The summed E-state index contributed by atoms with van der Waals surface area (Å²) in [6.45, 7) is 0. The number of aryl methyl sites for hydroxylation is 1. The fourth-order valence-electron chi connectivity index (χ4n) is 3.46. The second-order valence-electron chi connectivity index (χ2n) is 6.45. The van der Waals surface area contributed by atoms with Crippen LogP contribution in [-0.2, 0) is 6.42 Å². The minimum atomic E-state index is 0.192. The first kappa shape index (κ1) is 16.0. The van der Waals surface area contributed by atoms with Gasteiger partial charge in [-0.25, -0.2) is 0 Å². The standard InChI is InChI=1S/C21H18N4O/c22-11-13-1-4-17-14(9-13)2-6-20(17)25-16-3-5-19(23)18(10-16)21(24)15-7-8-26-12-15/h1,3-5,7-10,12,20,24-25H,2,6,23H2/t20-/m1/s1. The van der Waals surface area contributed by atoms with Crippen LogP contribution in [0.2, 0.25) is 0 Å². The summed E-state index contributed by atoms with van der Waals surface area (Å²) < 4.78 is 5.07. The van der Waals surface area contributed by atoms with Crippen LogP contribution in [0, 0.1) is 16.7 Å². The molecule has 0 aliphatic heterocycles.